The van der Waals surface area contributed by atoms with Gasteiger partial charge in [-0.1, -0.05) is 13.0 Å². The molecule has 0 unspecified atom stereocenters. The van der Waals surface area contributed by atoms with Crippen LogP contribution in [0.3, 0.4) is 0 Å². The number of hydrogen-bond donors (Lipinski definition) is 1. The van der Waals surface area contributed by atoms with Crippen LogP contribution in [0.5, 0.6) is 5.75 Å². The van der Waals surface area contributed by atoms with Gasteiger partial charge in [0.2, 0.25) is 0 Å². The van der Waals surface area contributed by atoms with E-state index in [0.717, 1.165) is 25.3 Å². The van der Waals surface area contributed by atoms with E-state index in [9.17, 15) is 0 Å². The average molecular weight is 288 g/mol. The van der Waals surface area contributed by atoms with Crippen LogP contribution >= 0.6 is 0 Å². The van der Waals surface area contributed by atoms with Gasteiger partial charge in [0.05, 0.1) is 12.6 Å². The monoisotopic (exact) mass is 288 g/mol. The van der Waals surface area contributed by atoms with E-state index in [0.29, 0.717) is 0 Å². The largest absolute Gasteiger partial charge is 0.496 e. The van der Waals surface area contributed by atoms with Gasteiger partial charge in [-0.2, -0.15) is 0 Å². The maximum absolute atomic E-state index is 5.61. The van der Waals surface area contributed by atoms with Gasteiger partial charge in [-0.15, -0.1) is 0 Å². The molecule has 116 valence electrons. The van der Waals surface area contributed by atoms with Crippen molar-refractivity contribution in [1.29, 1.82) is 0 Å². The predicted octanol–water partition coefficient (Wildman–Crippen LogP) is 3.83. The number of nitrogens with zero attached hydrogens (tertiary/aromatic N) is 1. The van der Waals surface area contributed by atoms with Crippen molar-refractivity contribution in [3.05, 3.63) is 29.3 Å². The fraction of sp³-hybridized carbons (Fsp3) is 0.556. The minimum absolute atomic E-state index is 0.0318. The van der Waals surface area contributed by atoms with E-state index < -0.39 is 0 Å². The van der Waals surface area contributed by atoms with E-state index in [2.05, 4.69) is 63.2 Å². The summed E-state index contributed by atoms with van der Waals surface area (Å²) in [5, 5.41) is 3.46. The standard InChI is InChI=1S/C18H28N2O/c1-7-8-19-12-14-9-15-13(2)11-18(3,4)20(5)16(15)10-17(14)21-6/h9-11,19H,7-8,12H2,1-6H3. The van der Waals surface area contributed by atoms with Crippen LogP contribution in [0.1, 0.15) is 45.2 Å². The molecule has 3 nitrogen and oxygen atoms in total. The summed E-state index contributed by atoms with van der Waals surface area (Å²) >= 11 is 0. The highest BCUT2D eigenvalue weighted by molar-refractivity contribution is 5.82. The Kier molecular flexibility index (Phi) is 4.62. The molecule has 0 fully saturated rings. The van der Waals surface area contributed by atoms with Gasteiger partial charge < -0.3 is 15.0 Å². The number of methoxy groups -OCH3 is 1. The van der Waals surface area contributed by atoms with Crippen LogP contribution in [0.15, 0.2) is 18.2 Å². The number of allylic oxidation sites excluding steroid dienone is 1. The fourth-order valence-electron chi connectivity index (χ4n) is 2.95. The van der Waals surface area contributed by atoms with Crippen LogP contribution in [0, 0.1) is 0 Å². The highest BCUT2D eigenvalue weighted by Crippen LogP contribution is 2.41. The quantitative estimate of drug-likeness (QED) is 0.833. The molecule has 1 aromatic carbocycles. The van der Waals surface area contributed by atoms with Gasteiger partial charge in [-0.05, 0) is 45.4 Å². The second-order valence-corrected chi connectivity index (χ2v) is 6.40. The molecule has 0 bridgehead atoms. The van der Waals surface area contributed by atoms with Gasteiger partial charge in [0.25, 0.3) is 0 Å². The third kappa shape index (κ3) is 3.08. The molecule has 1 aliphatic heterocycles. The topological polar surface area (TPSA) is 24.5 Å². The molecule has 0 amide bonds. The Labute approximate surface area is 129 Å². The van der Waals surface area contributed by atoms with Crippen molar-refractivity contribution >= 4 is 11.3 Å². The Balaban J connectivity index is 2.43. The number of ether oxygens (including phenoxy) is 1. The normalized spacial score (nSPS) is 16.5. The highest BCUT2D eigenvalue weighted by Gasteiger charge is 2.29. The molecule has 0 atom stereocenters. The number of likely N-dealkylation sites (N-methyl/N-ethyl adjacent to an activating group) is 1. The Hall–Kier alpha value is -1.48. The number of anilines is 1. The number of nitrogens with one attached hydrogen (secondary N) is 1. The van der Waals surface area contributed by atoms with Crippen molar-refractivity contribution in [1.82, 2.24) is 5.32 Å². The second kappa shape index (κ2) is 6.10. The molecule has 0 saturated heterocycles. The zero-order valence-corrected chi connectivity index (χ0v) is 14.2. The van der Waals surface area contributed by atoms with Crippen LogP contribution < -0.4 is 15.0 Å². The van der Waals surface area contributed by atoms with E-state index in [1.807, 2.05) is 0 Å². The van der Waals surface area contributed by atoms with Gasteiger partial charge in [0, 0.05) is 36.5 Å². The lowest BCUT2D eigenvalue weighted by molar-refractivity contribution is 0.407. The highest BCUT2D eigenvalue weighted by atomic mass is 16.5. The average Bonchev–Trinajstić information content (AvgIpc) is 2.44. The molecule has 1 heterocycles. The lowest BCUT2D eigenvalue weighted by Gasteiger charge is -2.41. The van der Waals surface area contributed by atoms with Crippen LogP contribution in [-0.2, 0) is 6.54 Å². The van der Waals surface area contributed by atoms with Crippen molar-refractivity contribution in [3.63, 3.8) is 0 Å². The van der Waals surface area contributed by atoms with E-state index in [-0.39, 0.29) is 5.54 Å². The molecule has 1 aliphatic rings. The summed E-state index contributed by atoms with van der Waals surface area (Å²) in [4.78, 5) is 2.32. The minimum Gasteiger partial charge on any atom is -0.496 e. The zero-order chi connectivity index (χ0) is 15.6. The molecule has 0 saturated carbocycles. The molecule has 0 spiro atoms. The molecule has 0 aliphatic carbocycles. The van der Waals surface area contributed by atoms with Crippen LogP contribution in [-0.4, -0.2) is 26.2 Å². The molecule has 0 aromatic heterocycles. The van der Waals surface area contributed by atoms with E-state index >= 15 is 0 Å². The Morgan fingerprint density at radius 3 is 2.62 bits per heavy atom. The number of fused-ring (bicyclic) bond motifs is 1. The zero-order valence-electron chi connectivity index (χ0n) is 14.2. The number of rotatable bonds is 5. The van der Waals surface area contributed by atoms with Crippen LogP contribution in [0.25, 0.3) is 5.57 Å². The number of benzene rings is 1. The second-order valence-electron chi connectivity index (χ2n) is 6.40. The molecular weight excluding hydrogens is 260 g/mol. The Morgan fingerprint density at radius 1 is 1.29 bits per heavy atom. The molecule has 1 aromatic rings. The molecular formula is C18H28N2O. The van der Waals surface area contributed by atoms with Crippen molar-refractivity contribution < 1.29 is 4.74 Å². The molecule has 1 N–H and O–H groups in total. The van der Waals surface area contributed by atoms with E-state index in [4.69, 9.17) is 4.74 Å². The SMILES string of the molecule is CCCNCc1cc2c(cc1OC)N(C)C(C)(C)C=C2C. The predicted molar refractivity (Wildman–Crippen MR) is 91.1 cm³/mol. The van der Waals surface area contributed by atoms with Gasteiger partial charge >= 0.3 is 0 Å². The first-order valence-corrected chi connectivity index (χ1v) is 7.76. The third-order valence-corrected chi connectivity index (χ3v) is 4.36. The summed E-state index contributed by atoms with van der Waals surface area (Å²) in [5.74, 6) is 0.967. The lowest BCUT2D eigenvalue weighted by Crippen LogP contribution is -2.42. The fourth-order valence-corrected chi connectivity index (χ4v) is 2.95. The number of hydrogen-bond acceptors (Lipinski definition) is 3. The first-order chi connectivity index (χ1) is 9.90. The summed E-state index contributed by atoms with van der Waals surface area (Å²) < 4.78 is 5.61. The maximum atomic E-state index is 5.61. The summed E-state index contributed by atoms with van der Waals surface area (Å²) in [5.41, 5.74) is 5.16. The Morgan fingerprint density at radius 2 is 2.00 bits per heavy atom. The lowest BCUT2D eigenvalue weighted by atomic mass is 9.88. The molecule has 3 heteroatoms. The van der Waals surface area contributed by atoms with Crippen molar-refractivity contribution in [2.24, 2.45) is 0 Å². The van der Waals surface area contributed by atoms with Crippen LogP contribution in [0.4, 0.5) is 5.69 Å². The summed E-state index contributed by atoms with van der Waals surface area (Å²) in [6.07, 6.45) is 3.48. The summed E-state index contributed by atoms with van der Waals surface area (Å²) in [6.45, 7) is 10.7. The molecule has 21 heavy (non-hydrogen) atoms. The van der Waals surface area contributed by atoms with Gasteiger partial charge in [-0.25, -0.2) is 0 Å². The minimum atomic E-state index is 0.0318. The van der Waals surface area contributed by atoms with E-state index in [1.165, 1.54) is 22.4 Å². The first-order valence-electron chi connectivity index (χ1n) is 7.76. The van der Waals surface area contributed by atoms with Gasteiger partial charge in [-0.3, -0.25) is 0 Å². The van der Waals surface area contributed by atoms with Crippen molar-refractivity contribution in [2.45, 2.75) is 46.2 Å². The van der Waals surface area contributed by atoms with Crippen LogP contribution in [0.2, 0.25) is 0 Å². The first kappa shape index (κ1) is 15.9. The maximum Gasteiger partial charge on any atom is 0.125 e. The van der Waals surface area contributed by atoms with Crippen molar-refractivity contribution in [2.75, 3.05) is 25.6 Å². The third-order valence-electron chi connectivity index (χ3n) is 4.36. The van der Waals surface area contributed by atoms with Gasteiger partial charge in [0.15, 0.2) is 0 Å². The summed E-state index contributed by atoms with van der Waals surface area (Å²) in [7, 11) is 3.90. The molecule has 2 rings (SSSR count). The van der Waals surface area contributed by atoms with E-state index in [1.54, 1.807) is 7.11 Å². The smallest absolute Gasteiger partial charge is 0.125 e. The summed E-state index contributed by atoms with van der Waals surface area (Å²) in [6, 6.07) is 4.45. The van der Waals surface area contributed by atoms with Crippen molar-refractivity contribution in [3.8, 4) is 5.75 Å². The molecule has 0 radical (unpaired) electrons. The van der Waals surface area contributed by atoms with Gasteiger partial charge in [0.1, 0.15) is 5.75 Å². The Bertz CT molecular complexity index is 546.